The summed E-state index contributed by atoms with van der Waals surface area (Å²) in [6, 6.07) is 6.74. The van der Waals surface area contributed by atoms with E-state index in [1.807, 2.05) is 0 Å². The molecule has 9 nitrogen and oxygen atoms in total. The van der Waals surface area contributed by atoms with Gasteiger partial charge in [0.2, 0.25) is 5.43 Å². The van der Waals surface area contributed by atoms with Crippen LogP contribution in [0.5, 0.6) is 0 Å². The number of aromatic carboxylic acids is 1. The van der Waals surface area contributed by atoms with Gasteiger partial charge in [-0.05, 0) is 43.2 Å². The average molecular weight is 545 g/mol. The first-order valence-electron chi connectivity index (χ1n) is 12.1. The van der Waals surface area contributed by atoms with E-state index in [-0.39, 0.29) is 22.7 Å². The minimum absolute atomic E-state index is 0.0188. The Hall–Kier alpha value is -4.42. The van der Waals surface area contributed by atoms with E-state index >= 15 is 4.39 Å². The Bertz CT molecular complexity index is 1540. The van der Waals surface area contributed by atoms with Crippen molar-refractivity contribution in [1.29, 1.82) is 0 Å². The third-order valence-corrected chi connectivity index (χ3v) is 6.77. The number of hydrazone groups is 1. The second-order valence-electron chi connectivity index (χ2n) is 9.42. The number of nitrogens with zero attached hydrogens (tertiary/aromatic N) is 4. The zero-order chi connectivity index (χ0) is 27.9. The maximum absolute atomic E-state index is 15.1. The van der Waals surface area contributed by atoms with Gasteiger partial charge in [-0.3, -0.25) is 9.59 Å². The standard InChI is InChI=1S/C26H23F4N5O4/c27-20-11-18-21(35(17-4-5-17)13-19(23(18)36)25(38)39)12-22(20)34-8-6-33(7-9-34)14-31-32-24(37)15-2-1-3-16(10-15)26(28,29)30/h1-3,10-14,17H,4-9H2,(H,32,37)(H,38,39)/b31-14+. The Balaban J connectivity index is 1.26. The second kappa shape index (κ2) is 10.0. The van der Waals surface area contributed by atoms with Crippen molar-refractivity contribution in [2.45, 2.75) is 25.1 Å². The Morgan fingerprint density at radius 1 is 1.08 bits per heavy atom. The van der Waals surface area contributed by atoms with Crippen molar-refractivity contribution in [3.63, 3.8) is 0 Å². The van der Waals surface area contributed by atoms with E-state index in [1.54, 1.807) is 20.4 Å². The van der Waals surface area contributed by atoms with E-state index in [4.69, 9.17) is 0 Å². The van der Waals surface area contributed by atoms with Gasteiger partial charge in [0.1, 0.15) is 17.7 Å². The summed E-state index contributed by atoms with van der Waals surface area (Å²) in [6.07, 6.45) is -0.203. The molecule has 1 aromatic heterocycles. The first-order chi connectivity index (χ1) is 18.5. The number of carbonyl (C=O) groups excluding carboxylic acids is 1. The molecule has 1 saturated carbocycles. The van der Waals surface area contributed by atoms with Gasteiger partial charge in [-0.2, -0.15) is 18.3 Å². The third-order valence-electron chi connectivity index (χ3n) is 6.77. The van der Waals surface area contributed by atoms with Crippen LogP contribution in [0.25, 0.3) is 10.9 Å². The number of anilines is 1. The van der Waals surface area contributed by atoms with Crippen LogP contribution in [0.2, 0.25) is 0 Å². The van der Waals surface area contributed by atoms with Crippen molar-refractivity contribution < 1.29 is 32.3 Å². The van der Waals surface area contributed by atoms with Crippen LogP contribution >= 0.6 is 0 Å². The van der Waals surface area contributed by atoms with Gasteiger partial charge in [0.15, 0.2) is 0 Å². The fraction of sp³-hybridized carbons (Fsp3) is 0.308. The lowest BCUT2D eigenvalue weighted by atomic mass is 10.1. The predicted octanol–water partition coefficient (Wildman–Crippen LogP) is 3.69. The number of hydrogen-bond donors (Lipinski definition) is 2. The fourth-order valence-corrected chi connectivity index (χ4v) is 4.56. The molecule has 1 aliphatic heterocycles. The molecule has 204 valence electrons. The molecule has 1 amide bonds. The van der Waals surface area contributed by atoms with E-state index in [0.717, 1.165) is 37.1 Å². The maximum Gasteiger partial charge on any atom is 0.416 e. The van der Waals surface area contributed by atoms with Gasteiger partial charge in [-0.25, -0.2) is 14.6 Å². The zero-order valence-electron chi connectivity index (χ0n) is 20.4. The quantitative estimate of drug-likeness (QED) is 0.212. The van der Waals surface area contributed by atoms with Crippen LogP contribution in [-0.2, 0) is 6.18 Å². The van der Waals surface area contributed by atoms with Gasteiger partial charge in [-0.1, -0.05) is 6.07 Å². The summed E-state index contributed by atoms with van der Waals surface area (Å²) >= 11 is 0. The van der Waals surface area contributed by atoms with E-state index < -0.39 is 40.4 Å². The molecule has 0 radical (unpaired) electrons. The monoisotopic (exact) mass is 545 g/mol. The molecular formula is C26H23F4N5O4. The minimum atomic E-state index is -4.57. The highest BCUT2D eigenvalue weighted by molar-refractivity contribution is 5.95. The number of carbonyl (C=O) groups is 2. The molecule has 2 fully saturated rings. The lowest BCUT2D eigenvalue weighted by Crippen LogP contribution is -2.46. The number of nitrogens with one attached hydrogen (secondary N) is 1. The molecule has 5 rings (SSSR count). The largest absolute Gasteiger partial charge is 0.477 e. The highest BCUT2D eigenvalue weighted by Crippen LogP contribution is 2.38. The lowest BCUT2D eigenvalue weighted by Gasteiger charge is -2.35. The summed E-state index contributed by atoms with van der Waals surface area (Å²) in [6.45, 7) is 1.59. The first kappa shape index (κ1) is 26.2. The molecule has 0 bridgehead atoms. The van der Waals surface area contributed by atoms with Gasteiger partial charge in [0.25, 0.3) is 5.91 Å². The van der Waals surface area contributed by atoms with Crippen LogP contribution in [0.3, 0.4) is 0 Å². The van der Waals surface area contributed by atoms with Crippen molar-refractivity contribution in [3.05, 3.63) is 75.3 Å². The third kappa shape index (κ3) is 5.42. The molecule has 0 atom stereocenters. The van der Waals surface area contributed by atoms with Gasteiger partial charge in [0.05, 0.1) is 16.8 Å². The lowest BCUT2D eigenvalue weighted by molar-refractivity contribution is -0.137. The summed E-state index contributed by atoms with van der Waals surface area (Å²) in [7, 11) is 0. The minimum Gasteiger partial charge on any atom is -0.477 e. The number of benzene rings is 2. The van der Waals surface area contributed by atoms with Crippen LogP contribution in [0.1, 0.15) is 45.2 Å². The molecule has 2 heterocycles. The summed E-state index contributed by atoms with van der Waals surface area (Å²) < 4.78 is 55.5. The molecule has 2 aliphatic rings. The van der Waals surface area contributed by atoms with E-state index in [9.17, 15) is 32.7 Å². The van der Waals surface area contributed by atoms with Gasteiger partial charge >= 0.3 is 12.1 Å². The van der Waals surface area contributed by atoms with Crippen molar-refractivity contribution in [2.75, 3.05) is 31.1 Å². The summed E-state index contributed by atoms with van der Waals surface area (Å²) in [5.74, 6) is -2.79. The number of pyridine rings is 1. The number of carboxylic acid groups (broad SMARTS) is 1. The molecule has 0 spiro atoms. The average Bonchev–Trinajstić information content (AvgIpc) is 3.74. The summed E-state index contributed by atoms with van der Waals surface area (Å²) in [4.78, 5) is 40.0. The van der Waals surface area contributed by atoms with Crippen LogP contribution in [0, 0.1) is 5.82 Å². The maximum atomic E-state index is 15.1. The predicted molar refractivity (Wildman–Crippen MR) is 135 cm³/mol. The number of hydrogen-bond acceptors (Lipinski definition) is 5. The summed E-state index contributed by atoms with van der Waals surface area (Å²) in [5.41, 5.74) is 0.733. The zero-order valence-corrected chi connectivity index (χ0v) is 20.4. The molecule has 1 saturated heterocycles. The normalized spacial score (nSPS) is 16.2. The van der Waals surface area contributed by atoms with Crippen molar-refractivity contribution in [2.24, 2.45) is 5.10 Å². The number of alkyl halides is 3. The van der Waals surface area contributed by atoms with Crippen molar-refractivity contribution >= 4 is 34.8 Å². The Morgan fingerprint density at radius 2 is 1.79 bits per heavy atom. The second-order valence-corrected chi connectivity index (χ2v) is 9.42. The van der Waals surface area contributed by atoms with Gasteiger partial charge < -0.3 is 19.5 Å². The van der Waals surface area contributed by atoms with E-state index in [1.165, 1.54) is 18.6 Å². The molecule has 13 heteroatoms. The van der Waals surface area contributed by atoms with E-state index in [2.05, 4.69) is 10.5 Å². The van der Waals surface area contributed by atoms with Crippen molar-refractivity contribution in [1.82, 2.24) is 14.9 Å². The summed E-state index contributed by atoms with van der Waals surface area (Å²) in [5, 5.41) is 13.2. The van der Waals surface area contributed by atoms with Gasteiger partial charge in [-0.15, -0.1) is 0 Å². The Kier molecular flexibility index (Phi) is 6.74. The van der Waals surface area contributed by atoms with Crippen LogP contribution in [-0.4, -0.2) is 59.0 Å². The SMILES string of the molecule is O=C(N/N=C/N1CCN(c2cc3c(cc2F)c(=O)c(C(=O)O)cn3C2CC2)CC1)c1cccc(C(F)(F)F)c1. The van der Waals surface area contributed by atoms with Crippen LogP contribution in [0.4, 0.5) is 23.2 Å². The van der Waals surface area contributed by atoms with Gasteiger partial charge in [0, 0.05) is 49.4 Å². The topological polar surface area (TPSA) is 107 Å². The van der Waals surface area contributed by atoms with Crippen molar-refractivity contribution in [3.8, 4) is 0 Å². The highest BCUT2D eigenvalue weighted by atomic mass is 19.4. The molecule has 2 N–H and O–H groups in total. The number of halogens is 4. The molecular weight excluding hydrogens is 522 g/mol. The number of aromatic nitrogens is 1. The molecule has 1 aliphatic carbocycles. The number of amides is 1. The number of fused-ring (bicyclic) bond motifs is 1. The Labute approximate surface area is 218 Å². The highest BCUT2D eigenvalue weighted by Gasteiger charge is 2.31. The fourth-order valence-electron chi connectivity index (χ4n) is 4.56. The number of piperazine rings is 1. The Morgan fingerprint density at radius 3 is 2.44 bits per heavy atom. The molecule has 0 unspecified atom stereocenters. The van der Waals surface area contributed by atoms with E-state index in [0.29, 0.717) is 31.7 Å². The molecule has 3 aromatic rings. The van der Waals surface area contributed by atoms with Crippen LogP contribution < -0.4 is 15.8 Å². The molecule has 2 aromatic carbocycles. The smallest absolute Gasteiger partial charge is 0.416 e. The number of rotatable bonds is 6. The molecule has 39 heavy (non-hydrogen) atoms. The first-order valence-corrected chi connectivity index (χ1v) is 12.1. The number of carboxylic acids is 1. The van der Waals surface area contributed by atoms with Crippen LogP contribution in [0.15, 0.2) is 52.5 Å².